The van der Waals surface area contributed by atoms with Gasteiger partial charge in [0.2, 0.25) is 0 Å². The number of hydrogen-bond donors (Lipinski definition) is 2. The van der Waals surface area contributed by atoms with E-state index < -0.39 is 30.0 Å². The predicted octanol–water partition coefficient (Wildman–Crippen LogP) is 0.207. The Hall–Kier alpha value is -0.780. The van der Waals surface area contributed by atoms with Crippen LogP contribution < -0.4 is 5.73 Å². The van der Waals surface area contributed by atoms with Gasteiger partial charge < -0.3 is 10.8 Å². The number of carbonyl (C=O) groups is 1. The van der Waals surface area contributed by atoms with E-state index >= 15 is 0 Å². The Kier molecular flexibility index (Phi) is 1.59. The SMILES string of the molecule is N[C@@H]1[C@@H](C(=O)O)[C@H]1C(F)(F)F. The monoisotopic (exact) mass is 169 g/mol. The molecule has 0 aliphatic heterocycles. The van der Waals surface area contributed by atoms with Crippen LogP contribution in [0.5, 0.6) is 0 Å². The summed E-state index contributed by atoms with van der Waals surface area (Å²) >= 11 is 0. The van der Waals surface area contributed by atoms with E-state index in [0.29, 0.717) is 0 Å². The summed E-state index contributed by atoms with van der Waals surface area (Å²) in [5, 5.41) is 8.18. The highest BCUT2D eigenvalue weighted by atomic mass is 19.4. The Balaban J connectivity index is 2.62. The number of rotatable bonds is 1. The van der Waals surface area contributed by atoms with Crippen molar-refractivity contribution >= 4 is 5.97 Å². The van der Waals surface area contributed by atoms with Crippen LogP contribution in [-0.2, 0) is 4.79 Å². The molecule has 3 atom stereocenters. The second-order valence-corrected chi connectivity index (χ2v) is 2.51. The molecule has 1 aliphatic rings. The van der Waals surface area contributed by atoms with Crippen LogP contribution in [0, 0.1) is 11.8 Å². The first-order valence-electron chi connectivity index (χ1n) is 2.91. The molecule has 0 unspecified atom stereocenters. The smallest absolute Gasteiger partial charge is 0.394 e. The zero-order valence-corrected chi connectivity index (χ0v) is 5.30. The van der Waals surface area contributed by atoms with Gasteiger partial charge >= 0.3 is 12.1 Å². The lowest BCUT2D eigenvalue weighted by Crippen LogP contribution is -2.17. The van der Waals surface area contributed by atoms with Crippen LogP contribution in [0.3, 0.4) is 0 Å². The van der Waals surface area contributed by atoms with E-state index in [1.807, 2.05) is 0 Å². The number of aliphatic carboxylic acids is 1. The summed E-state index contributed by atoms with van der Waals surface area (Å²) in [4.78, 5) is 10.0. The van der Waals surface area contributed by atoms with Gasteiger partial charge in [0, 0.05) is 6.04 Å². The van der Waals surface area contributed by atoms with E-state index in [2.05, 4.69) is 0 Å². The fourth-order valence-electron chi connectivity index (χ4n) is 1.07. The fraction of sp³-hybridized carbons (Fsp3) is 0.800. The lowest BCUT2D eigenvalue weighted by atomic mass is 10.3. The number of hydrogen-bond acceptors (Lipinski definition) is 2. The van der Waals surface area contributed by atoms with E-state index in [9.17, 15) is 18.0 Å². The lowest BCUT2D eigenvalue weighted by Gasteiger charge is -2.02. The molecule has 3 N–H and O–H groups in total. The van der Waals surface area contributed by atoms with Crippen molar-refractivity contribution in [2.24, 2.45) is 17.6 Å². The molecule has 0 radical (unpaired) electrons. The normalized spacial score (nSPS) is 36.9. The van der Waals surface area contributed by atoms with Crippen molar-refractivity contribution in [1.29, 1.82) is 0 Å². The summed E-state index contributed by atoms with van der Waals surface area (Å²) < 4.78 is 35.3. The quantitative estimate of drug-likeness (QED) is 0.589. The second-order valence-electron chi connectivity index (χ2n) is 2.51. The van der Waals surface area contributed by atoms with Gasteiger partial charge in [-0.3, -0.25) is 4.79 Å². The average Bonchev–Trinajstić information content (AvgIpc) is 2.38. The predicted molar refractivity (Wildman–Crippen MR) is 28.6 cm³/mol. The van der Waals surface area contributed by atoms with E-state index in [-0.39, 0.29) is 0 Å². The molecule has 0 spiro atoms. The minimum Gasteiger partial charge on any atom is -0.481 e. The maximum absolute atomic E-state index is 11.8. The fourth-order valence-corrected chi connectivity index (χ4v) is 1.07. The van der Waals surface area contributed by atoms with E-state index in [1.165, 1.54) is 0 Å². The van der Waals surface area contributed by atoms with Crippen LogP contribution in [0.15, 0.2) is 0 Å². The molecule has 1 fully saturated rings. The minimum absolute atomic E-state index is 1.26. The van der Waals surface area contributed by atoms with Gasteiger partial charge in [0.1, 0.15) is 0 Å². The van der Waals surface area contributed by atoms with Crippen LogP contribution in [0.25, 0.3) is 0 Å². The Labute approximate surface area is 60.0 Å². The summed E-state index contributed by atoms with van der Waals surface area (Å²) in [7, 11) is 0. The number of halogens is 3. The highest BCUT2D eigenvalue weighted by Gasteiger charge is 2.66. The van der Waals surface area contributed by atoms with Crippen LogP contribution in [0.2, 0.25) is 0 Å². The largest absolute Gasteiger partial charge is 0.481 e. The van der Waals surface area contributed by atoms with Crippen LogP contribution in [-0.4, -0.2) is 23.3 Å². The molecule has 0 heterocycles. The Morgan fingerprint density at radius 1 is 1.45 bits per heavy atom. The second kappa shape index (κ2) is 2.10. The van der Waals surface area contributed by atoms with E-state index in [0.717, 1.165) is 0 Å². The van der Waals surface area contributed by atoms with E-state index in [1.54, 1.807) is 0 Å². The van der Waals surface area contributed by atoms with Gasteiger partial charge in [-0.05, 0) is 0 Å². The van der Waals surface area contributed by atoms with Crippen molar-refractivity contribution in [2.75, 3.05) is 0 Å². The molecule has 1 aliphatic carbocycles. The van der Waals surface area contributed by atoms with Crippen LogP contribution >= 0.6 is 0 Å². The molecule has 0 bridgehead atoms. The minimum atomic E-state index is -4.47. The Bertz CT molecular complexity index is 191. The molecular weight excluding hydrogens is 163 g/mol. The van der Waals surface area contributed by atoms with Gasteiger partial charge in [-0.15, -0.1) is 0 Å². The van der Waals surface area contributed by atoms with Gasteiger partial charge in [-0.25, -0.2) is 0 Å². The number of alkyl halides is 3. The van der Waals surface area contributed by atoms with Gasteiger partial charge in [0.25, 0.3) is 0 Å². The first-order chi connectivity index (χ1) is 4.85. The van der Waals surface area contributed by atoms with Crippen molar-refractivity contribution in [3.05, 3.63) is 0 Å². The molecule has 1 saturated carbocycles. The van der Waals surface area contributed by atoms with Crippen molar-refractivity contribution in [3.8, 4) is 0 Å². The number of nitrogens with two attached hydrogens (primary N) is 1. The first-order valence-corrected chi connectivity index (χ1v) is 2.91. The molecular formula is C5H6F3NO2. The summed E-state index contributed by atoms with van der Waals surface area (Å²) in [6, 6.07) is -1.26. The van der Waals surface area contributed by atoms with Gasteiger partial charge in [0.15, 0.2) is 0 Å². The van der Waals surface area contributed by atoms with Crippen molar-refractivity contribution in [1.82, 2.24) is 0 Å². The molecule has 1 rings (SSSR count). The molecule has 0 aromatic rings. The zero-order chi connectivity index (χ0) is 8.81. The van der Waals surface area contributed by atoms with Crippen LogP contribution in [0.4, 0.5) is 13.2 Å². The third-order valence-electron chi connectivity index (χ3n) is 1.74. The molecule has 6 heteroatoms. The Morgan fingerprint density at radius 3 is 2.00 bits per heavy atom. The lowest BCUT2D eigenvalue weighted by molar-refractivity contribution is -0.160. The molecule has 11 heavy (non-hydrogen) atoms. The Morgan fingerprint density at radius 2 is 1.91 bits per heavy atom. The zero-order valence-electron chi connectivity index (χ0n) is 5.30. The molecule has 0 aromatic carbocycles. The third kappa shape index (κ3) is 1.30. The van der Waals surface area contributed by atoms with Crippen molar-refractivity contribution in [2.45, 2.75) is 12.2 Å². The summed E-state index contributed by atoms with van der Waals surface area (Å²) in [5.41, 5.74) is 4.90. The maximum atomic E-state index is 11.8. The third-order valence-corrected chi connectivity index (χ3v) is 1.74. The summed E-state index contributed by atoms with van der Waals surface area (Å²) in [5.74, 6) is -4.75. The highest BCUT2D eigenvalue weighted by Crippen LogP contribution is 2.48. The molecule has 64 valence electrons. The molecule has 0 amide bonds. The highest BCUT2D eigenvalue weighted by molar-refractivity contribution is 5.75. The topological polar surface area (TPSA) is 63.3 Å². The van der Waals surface area contributed by atoms with Gasteiger partial charge in [-0.1, -0.05) is 0 Å². The average molecular weight is 169 g/mol. The number of carboxylic acids is 1. The van der Waals surface area contributed by atoms with Crippen LogP contribution in [0.1, 0.15) is 0 Å². The van der Waals surface area contributed by atoms with Crippen molar-refractivity contribution in [3.63, 3.8) is 0 Å². The van der Waals surface area contributed by atoms with Gasteiger partial charge in [0.05, 0.1) is 11.8 Å². The molecule has 0 saturated heterocycles. The molecule has 3 nitrogen and oxygen atoms in total. The van der Waals surface area contributed by atoms with Crippen molar-refractivity contribution < 1.29 is 23.1 Å². The maximum Gasteiger partial charge on any atom is 0.394 e. The summed E-state index contributed by atoms with van der Waals surface area (Å²) in [6.07, 6.45) is -4.47. The number of carboxylic acid groups (broad SMARTS) is 1. The first kappa shape index (κ1) is 8.32. The van der Waals surface area contributed by atoms with Gasteiger partial charge in [-0.2, -0.15) is 13.2 Å². The van der Waals surface area contributed by atoms with E-state index in [4.69, 9.17) is 10.8 Å². The summed E-state index contributed by atoms with van der Waals surface area (Å²) in [6.45, 7) is 0. The standard InChI is InChI=1S/C5H6F3NO2/c6-5(7,8)2-1(3(2)9)4(10)11/h1-3H,9H2,(H,10,11)/t1-,2+,3+/m0/s1. The molecule has 0 aromatic heterocycles.